The van der Waals surface area contributed by atoms with E-state index >= 15 is 0 Å². The van der Waals surface area contributed by atoms with Gasteiger partial charge in [0.1, 0.15) is 0 Å². The Morgan fingerprint density at radius 3 is 2.87 bits per heavy atom. The van der Waals surface area contributed by atoms with Crippen molar-refractivity contribution in [2.24, 2.45) is 5.41 Å². The van der Waals surface area contributed by atoms with E-state index in [1.54, 1.807) is 0 Å². The van der Waals surface area contributed by atoms with Gasteiger partial charge in [-0.3, -0.25) is 4.79 Å². The fraction of sp³-hybridized carbons (Fsp3) is 0.909. The summed E-state index contributed by atoms with van der Waals surface area (Å²) in [6, 6.07) is 0.313. The maximum Gasteiger partial charge on any atom is 0.303 e. The normalized spacial score (nSPS) is 27.3. The molecule has 0 bridgehead atoms. The Hall–Kier alpha value is -0.610. The smallest absolute Gasteiger partial charge is 0.303 e. The monoisotopic (exact) mass is 214 g/mol. The van der Waals surface area contributed by atoms with E-state index in [9.17, 15) is 4.79 Å². The Balaban J connectivity index is 2.44. The first kappa shape index (κ1) is 12.5. The molecule has 1 rings (SSSR count). The van der Waals surface area contributed by atoms with Crippen molar-refractivity contribution < 1.29 is 9.90 Å². The summed E-state index contributed by atoms with van der Waals surface area (Å²) in [5.41, 5.74) is 0.271. The van der Waals surface area contributed by atoms with Crippen molar-refractivity contribution in [3.05, 3.63) is 0 Å². The predicted octanol–water partition coefficient (Wildman–Crippen LogP) is 0.781. The van der Waals surface area contributed by atoms with Crippen LogP contribution in [0, 0.1) is 5.41 Å². The lowest BCUT2D eigenvalue weighted by Gasteiger charge is -2.25. The Morgan fingerprint density at radius 1 is 1.60 bits per heavy atom. The second-order valence-corrected chi connectivity index (χ2v) is 5.37. The van der Waals surface area contributed by atoms with Crippen molar-refractivity contribution in [3.8, 4) is 0 Å². The zero-order valence-corrected chi connectivity index (χ0v) is 9.92. The minimum Gasteiger partial charge on any atom is -0.481 e. The molecule has 4 heteroatoms. The van der Waals surface area contributed by atoms with E-state index < -0.39 is 5.97 Å². The van der Waals surface area contributed by atoms with Gasteiger partial charge >= 0.3 is 5.97 Å². The Labute approximate surface area is 91.6 Å². The second-order valence-electron chi connectivity index (χ2n) is 5.37. The summed E-state index contributed by atoms with van der Waals surface area (Å²) in [7, 11) is 2.10. The van der Waals surface area contributed by atoms with E-state index in [0.717, 1.165) is 26.1 Å². The van der Waals surface area contributed by atoms with Gasteiger partial charge in [-0.15, -0.1) is 0 Å². The Bertz CT molecular complexity index is 229. The molecule has 1 saturated heterocycles. The van der Waals surface area contributed by atoms with Gasteiger partial charge in [0, 0.05) is 32.1 Å². The second kappa shape index (κ2) is 4.94. The molecule has 1 aliphatic heterocycles. The minimum absolute atomic E-state index is 0.256. The highest BCUT2D eigenvalue weighted by Gasteiger charge is 2.26. The summed E-state index contributed by atoms with van der Waals surface area (Å²) < 4.78 is 0. The fourth-order valence-electron chi connectivity index (χ4n) is 2.20. The molecule has 0 aromatic rings. The number of hydrogen-bond donors (Lipinski definition) is 2. The van der Waals surface area contributed by atoms with Crippen molar-refractivity contribution in [1.29, 1.82) is 0 Å². The first-order valence-electron chi connectivity index (χ1n) is 5.53. The van der Waals surface area contributed by atoms with E-state index in [4.69, 9.17) is 5.11 Å². The van der Waals surface area contributed by atoms with Crippen LogP contribution in [0.5, 0.6) is 0 Å². The molecule has 0 aliphatic carbocycles. The number of carbonyl (C=O) groups is 1. The van der Waals surface area contributed by atoms with Gasteiger partial charge in [-0.2, -0.15) is 0 Å². The molecule has 1 unspecified atom stereocenters. The third kappa shape index (κ3) is 4.62. The number of carboxylic acids is 1. The molecular weight excluding hydrogens is 192 g/mol. The van der Waals surface area contributed by atoms with Gasteiger partial charge in [-0.1, -0.05) is 13.8 Å². The first-order chi connectivity index (χ1) is 6.89. The van der Waals surface area contributed by atoms with Crippen molar-refractivity contribution in [2.75, 3.05) is 26.7 Å². The number of likely N-dealkylation sites (N-methyl/N-ethyl adjacent to an activating group) is 1. The predicted molar refractivity (Wildman–Crippen MR) is 59.9 cm³/mol. The van der Waals surface area contributed by atoms with Crippen molar-refractivity contribution in [3.63, 3.8) is 0 Å². The molecule has 15 heavy (non-hydrogen) atoms. The lowest BCUT2D eigenvalue weighted by molar-refractivity contribution is -0.137. The molecule has 1 aliphatic rings. The van der Waals surface area contributed by atoms with Gasteiger partial charge in [0.2, 0.25) is 0 Å². The molecule has 1 atom stereocenters. The van der Waals surface area contributed by atoms with Crippen LogP contribution in [0.3, 0.4) is 0 Å². The average Bonchev–Trinajstić information content (AvgIpc) is 2.20. The van der Waals surface area contributed by atoms with Crippen LogP contribution < -0.4 is 5.32 Å². The third-order valence-corrected chi connectivity index (χ3v) is 2.81. The average molecular weight is 214 g/mol. The third-order valence-electron chi connectivity index (χ3n) is 2.81. The first-order valence-corrected chi connectivity index (χ1v) is 5.53. The Kier molecular flexibility index (Phi) is 4.11. The summed E-state index contributed by atoms with van der Waals surface area (Å²) in [6.07, 6.45) is 0.974. The van der Waals surface area contributed by atoms with E-state index in [0.29, 0.717) is 6.04 Å². The highest BCUT2D eigenvalue weighted by molar-refractivity contribution is 5.66. The van der Waals surface area contributed by atoms with Gasteiger partial charge in [-0.05, 0) is 18.9 Å². The molecule has 0 aromatic heterocycles. The maximum absolute atomic E-state index is 10.5. The van der Waals surface area contributed by atoms with Crippen LogP contribution in [-0.4, -0.2) is 48.7 Å². The molecule has 4 nitrogen and oxygen atoms in total. The zero-order valence-electron chi connectivity index (χ0n) is 9.92. The largest absolute Gasteiger partial charge is 0.481 e. The molecule has 0 radical (unpaired) electrons. The van der Waals surface area contributed by atoms with Crippen molar-refractivity contribution >= 4 is 5.97 Å². The van der Waals surface area contributed by atoms with Crippen LogP contribution in [-0.2, 0) is 4.79 Å². The van der Waals surface area contributed by atoms with Gasteiger partial charge in [0.05, 0.1) is 0 Å². The van der Waals surface area contributed by atoms with Crippen LogP contribution in [0.1, 0.15) is 26.7 Å². The van der Waals surface area contributed by atoms with Crippen LogP contribution in [0.15, 0.2) is 0 Å². The van der Waals surface area contributed by atoms with E-state index in [1.807, 2.05) is 0 Å². The standard InChI is InChI=1S/C11H22N2O2/c1-11(2)7-12-9(4-5-10(14)15)6-13(3)8-11/h9,12H,4-8H2,1-3H3,(H,14,15). The molecular formula is C11H22N2O2. The molecule has 0 spiro atoms. The van der Waals surface area contributed by atoms with Gasteiger partial charge in [0.15, 0.2) is 0 Å². The van der Waals surface area contributed by atoms with Crippen LogP contribution >= 0.6 is 0 Å². The molecule has 2 N–H and O–H groups in total. The molecule has 1 fully saturated rings. The Morgan fingerprint density at radius 2 is 2.27 bits per heavy atom. The molecule has 88 valence electrons. The lowest BCUT2D eigenvalue weighted by Crippen LogP contribution is -2.37. The van der Waals surface area contributed by atoms with Crippen molar-refractivity contribution in [2.45, 2.75) is 32.7 Å². The maximum atomic E-state index is 10.5. The van der Waals surface area contributed by atoms with Gasteiger partial charge < -0.3 is 15.3 Å². The summed E-state index contributed by atoms with van der Waals surface area (Å²) in [5.74, 6) is -0.706. The summed E-state index contributed by atoms with van der Waals surface area (Å²) >= 11 is 0. The summed E-state index contributed by atoms with van der Waals surface area (Å²) in [6.45, 7) is 7.42. The van der Waals surface area contributed by atoms with Crippen LogP contribution in [0.25, 0.3) is 0 Å². The molecule has 0 amide bonds. The molecule has 0 saturated carbocycles. The fourth-order valence-corrected chi connectivity index (χ4v) is 2.20. The quantitative estimate of drug-likeness (QED) is 0.729. The van der Waals surface area contributed by atoms with Gasteiger partial charge in [0.25, 0.3) is 0 Å². The van der Waals surface area contributed by atoms with E-state index in [-0.39, 0.29) is 11.8 Å². The molecule has 1 heterocycles. The van der Waals surface area contributed by atoms with Gasteiger partial charge in [-0.25, -0.2) is 0 Å². The zero-order chi connectivity index (χ0) is 11.5. The van der Waals surface area contributed by atoms with Crippen molar-refractivity contribution in [1.82, 2.24) is 10.2 Å². The lowest BCUT2D eigenvalue weighted by atomic mass is 9.93. The van der Waals surface area contributed by atoms with Crippen LogP contribution in [0.2, 0.25) is 0 Å². The van der Waals surface area contributed by atoms with Crippen LogP contribution in [0.4, 0.5) is 0 Å². The summed E-state index contributed by atoms with van der Waals surface area (Å²) in [5, 5.41) is 12.1. The highest BCUT2D eigenvalue weighted by Crippen LogP contribution is 2.19. The number of hydrogen-bond acceptors (Lipinski definition) is 3. The topological polar surface area (TPSA) is 52.6 Å². The molecule has 0 aromatic carbocycles. The van der Waals surface area contributed by atoms with E-state index in [1.165, 1.54) is 0 Å². The highest BCUT2D eigenvalue weighted by atomic mass is 16.4. The SMILES string of the molecule is CN1CC(CCC(=O)O)NCC(C)(C)C1. The number of rotatable bonds is 3. The number of carboxylic acid groups (broad SMARTS) is 1. The van der Waals surface area contributed by atoms with E-state index in [2.05, 4.69) is 31.1 Å². The summed E-state index contributed by atoms with van der Waals surface area (Å²) in [4.78, 5) is 12.8. The number of nitrogens with one attached hydrogen (secondary N) is 1. The number of nitrogens with zero attached hydrogens (tertiary/aromatic N) is 1. The number of aliphatic carboxylic acids is 1. The minimum atomic E-state index is -0.706.